The molecular formula is C19H22ClNO3. The molecule has 0 aromatic heterocycles. The first kappa shape index (κ1) is 18.3. The smallest absolute Gasteiger partial charge is 0.263 e. The highest BCUT2D eigenvalue weighted by atomic mass is 35.5. The van der Waals surface area contributed by atoms with Crippen molar-refractivity contribution in [2.24, 2.45) is 0 Å². The topological polar surface area (TPSA) is 47.6 Å². The second-order valence-electron chi connectivity index (χ2n) is 5.95. The molecule has 0 fully saturated rings. The van der Waals surface area contributed by atoms with E-state index in [1.54, 1.807) is 45.2 Å². The van der Waals surface area contributed by atoms with E-state index < -0.39 is 5.60 Å². The Morgan fingerprint density at radius 1 is 1.08 bits per heavy atom. The molecule has 0 bridgehead atoms. The fraction of sp³-hybridized carbons (Fsp3) is 0.316. The second-order valence-corrected chi connectivity index (χ2v) is 6.39. The Morgan fingerprint density at radius 3 is 2.33 bits per heavy atom. The zero-order valence-electron chi connectivity index (χ0n) is 14.1. The van der Waals surface area contributed by atoms with Crippen LogP contribution < -0.4 is 10.1 Å². The van der Waals surface area contributed by atoms with Crippen molar-refractivity contribution in [3.63, 3.8) is 0 Å². The van der Waals surface area contributed by atoms with Gasteiger partial charge in [0.1, 0.15) is 5.75 Å². The average Bonchev–Trinajstić information content (AvgIpc) is 2.56. The lowest BCUT2D eigenvalue weighted by Gasteiger charge is -2.25. The summed E-state index contributed by atoms with van der Waals surface area (Å²) in [5, 5.41) is 3.55. The molecule has 2 aromatic rings. The predicted molar refractivity (Wildman–Crippen MR) is 95.2 cm³/mol. The quantitative estimate of drug-likeness (QED) is 0.824. The maximum absolute atomic E-state index is 12.5. The Morgan fingerprint density at radius 2 is 1.71 bits per heavy atom. The molecule has 0 aliphatic rings. The molecule has 1 N–H and O–H groups in total. The first-order valence-corrected chi connectivity index (χ1v) is 8.09. The average molecular weight is 348 g/mol. The van der Waals surface area contributed by atoms with Crippen molar-refractivity contribution < 1.29 is 14.3 Å². The number of rotatable bonds is 7. The molecule has 5 heteroatoms. The number of carbonyl (C=O) groups is 1. The number of ether oxygens (including phenoxy) is 2. The third-order valence-electron chi connectivity index (χ3n) is 3.59. The number of carbonyl (C=O) groups excluding carboxylic acids is 1. The van der Waals surface area contributed by atoms with Crippen LogP contribution in [0.5, 0.6) is 5.75 Å². The molecular weight excluding hydrogens is 326 g/mol. The number of amides is 1. The Labute approximate surface area is 147 Å². The van der Waals surface area contributed by atoms with Gasteiger partial charge >= 0.3 is 0 Å². The molecule has 0 aliphatic carbocycles. The minimum atomic E-state index is -0.996. The Kier molecular flexibility index (Phi) is 6.23. The highest BCUT2D eigenvalue weighted by molar-refractivity contribution is 6.30. The molecule has 1 amide bonds. The monoisotopic (exact) mass is 347 g/mol. The van der Waals surface area contributed by atoms with E-state index in [-0.39, 0.29) is 5.91 Å². The van der Waals surface area contributed by atoms with Crippen molar-refractivity contribution in [3.05, 3.63) is 64.7 Å². The molecule has 0 aliphatic heterocycles. The van der Waals surface area contributed by atoms with Crippen molar-refractivity contribution in [2.75, 3.05) is 7.11 Å². The van der Waals surface area contributed by atoms with E-state index in [0.717, 1.165) is 11.1 Å². The van der Waals surface area contributed by atoms with Crippen LogP contribution in [0.1, 0.15) is 25.0 Å². The minimum Gasteiger partial charge on any atom is -0.478 e. The zero-order chi connectivity index (χ0) is 17.6. The summed E-state index contributed by atoms with van der Waals surface area (Å²) in [4.78, 5) is 12.5. The maximum Gasteiger partial charge on any atom is 0.263 e. The van der Waals surface area contributed by atoms with Crippen LogP contribution in [0.2, 0.25) is 5.02 Å². The summed E-state index contributed by atoms with van der Waals surface area (Å²) in [7, 11) is 1.65. The zero-order valence-corrected chi connectivity index (χ0v) is 14.9. The lowest BCUT2D eigenvalue weighted by Crippen LogP contribution is -2.46. The number of hydrogen-bond acceptors (Lipinski definition) is 3. The van der Waals surface area contributed by atoms with Gasteiger partial charge in [-0.15, -0.1) is 0 Å². The van der Waals surface area contributed by atoms with Crippen LogP contribution in [-0.4, -0.2) is 18.6 Å². The second kappa shape index (κ2) is 8.18. The summed E-state index contributed by atoms with van der Waals surface area (Å²) in [6, 6.07) is 14.8. The number of hydrogen-bond donors (Lipinski definition) is 1. The van der Waals surface area contributed by atoms with Crippen LogP contribution in [0, 0.1) is 0 Å². The molecule has 0 atom stereocenters. The molecule has 0 spiro atoms. The van der Waals surface area contributed by atoms with Gasteiger partial charge in [0, 0.05) is 18.7 Å². The van der Waals surface area contributed by atoms with Gasteiger partial charge in [-0.2, -0.15) is 0 Å². The number of nitrogens with one attached hydrogen (secondary N) is 1. The van der Waals surface area contributed by atoms with Gasteiger partial charge in [-0.3, -0.25) is 4.79 Å². The maximum atomic E-state index is 12.5. The van der Waals surface area contributed by atoms with Gasteiger partial charge in [0.05, 0.1) is 6.61 Å². The third-order valence-corrected chi connectivity index (χ3v) is 3.84. The van der Waals surface area contributed by atoms with E-state index in [1.807, 2.05) is 24.3 Å². The molecule has 0 saturated carbocycles. The van der Waals surface area contributed by atoms with E-state index in [4.69, 9.17) is 21.1 Å². The highest BCUT2D eigenvalue weighted by Gasteiger charge is 2.29. The van der Waals surface area contributed by atoms with Gasteiger partial charge in [-0.1, -0.05) is 35.9 Å². The molecule has 0 heterocycles. The number of halogens is 1. The lowest BCUT2D eigenvalue weighted by molar-refractivity contribution is -0.134. The van der Waals surface area contributed by atoms with Crippen molar-refractivity contribution >= 4 is 17.5 Å². The predicted octanol–water partition coefficient (Wildman–Crippen LogP) is 3.96. The van der Waals surface area contributed by atoms with Gasteiger partial charge in [-0.05, 0) is 49.2 Å². The first-order chi connectivity index (χ1) is 11.4. The summed E-state index contributed by atoms with van der Waals surface area (Å²) in [5.41, 5.74) is 1.08. The van der Waals surface area contributed by atoms with E-state index in [9.17, 15) is 4.79 Å². The highest BCUT2D eigenvalue weighted by Crippen LogP contribution is 2.21. The minimum absolute atomic E-state index is 0.190. The van der Waals surface area contributed by atoms with Crippen LogP contribution in [0.4, 0.5) is 0 Å². The summed E-state index contributed by atoms with van der Waals surface area (Å²) in [6.07, 6.45) is 0. The van der Waals surface area contributed by atoms with E-state index in [0.29, 0.717) is 23.9 Å². The van der Waals surface area contributed by atoms with Crippen molar-refractivity contribution in [3.8, 4) is 5.75 Å². The van der Waals surface area contributed by atoms with Crippen LogP contribution in [0.3, 0.4) is 0 Å². The van der Waals surface area contributed by atoms with Crippen molar-refractivity contribution in [2.45, 2.75) is 32.6 Å². The summed E-state index contributed by atoms with van der Waals surface area (Å²) in [6.45, 7) is 4.40. The van der Waals surface area contributed by atoms with Gasteiger partial charge < -0.3 is 14.8 Å². The van der Waals surface area contributed by atoms with Crippen molar-refractivity contribution in [1.29, 1.82) is 0 Å². The van der Waals surface area contributed by atoms with Gasteiger partial charge in [0.2, 0.25) is 0 Å². The van der Waals surface area contributed by atoms with E-state index >= 15 is 0 Å². The Bertz CT molecular complexity index is 683. The fourth-order valence-electron chi connectivity index (χ4n) is 2.26. The molecule has 0 saturated heterocycles. The Balaban J connectivity index is 1.99. The molecule has 4 nitrogen and oxygen atoms in total. The van der Waals surface area contributed by atoms with Gasteiger partial charge in [0.25, 0.3) is 5.91 Å². The first-order valence-electron chi connectivity index (χ1n) is 7.71. The third kappa shape index (κ3) is 4.98. The fourth-order valence-corrected chi connectivity index (χ4v) is 2.38. The number of benzene rings is 2. The standard InChI is InChI=1S/C19H22ClNO3/c1-19(2,24-17-10-8-16(20)9-11-17)18(22)21-12-14-6-4-5-7-15(14)13-23-3/h4-11H,12-13H2,1-3H3,(H,21,22). The Hall–Kier alpha value is -2.04. The lowest BCUT2D eigenvalue weighted by atomic mass is 10.1. The largest absolute Gasteiger partial charge is 0.478 e. The molecule has 0 radical (unpaired) electrons. The molecule has 2 aromatic carbocycles. The summed E-state index contributed by atoms with van der Waals surface area (Å²) in [5.74, 6) is 0.406. The molecule has 2 rings (SSSR count). The van der Waals surface area contributed by atoms with Gasteiger partial charge in [0.15, 0.2) is 5.60 Å². The van der Waals surface area contributed by atoms with Crippen LogP contribution in [0.15, 0.2) is 48.5 Å². The van der Waals surface area contributed by atoms with Crippen LogP contribution >= 0.6 is 11.6 Å². The van der Waals surface area contributed by atoms with Crippen LogP contribution in [0.25, 0.3) is 0 Å². The molecule has 0 unspecified atom stereocenters. The SMILES string of the molecule is COCc1ccccc1CNC(=O)C(C)(C)Oc1ccc(Cl)cc1. The van der Waals surface area contributed by atoms with Gasteiger partial charge in [-0.25, -0.2) is 0 Å². The van der Waals surface area contributed by atoms with E-state index in [1.165, 1.54) is 0 Å². The van der Waals surface area contributed by atoms with Crippen molar-refractivity contribution in [1.82, 2.24) is 5.32 Å². The molecule has 128 valence electrons. The normalized spacial score (nSPS) is 11.2. The van der Waals surface area contributed by atoms with Crippen LogP contribution in [-0.2, 0) is 22.7 Å². The summed E-state index contributed by atoms with van der Waals surface area (Å²) >= 11 is 5.86. The number of methoxy groups -OCH3 is 1. The summed E-state index contributed by atoms with van der Waals surface area (Å²) < 4.78 is 11.0. The molecule has 24 heavy (non-hydrogen) atoms. The van der Waals surface area contributed by atoms with E-state index in [2.05, 4.69) is 5.32 Å².